The molecule has 0 bridgehead atoms. The standard InChI is InChI=1S/C15H25BrN2O/c1-4-12(10-17-2)11-18-8-7-13-5-6-15(19-3)14(16)9-13/h5-6,9,12,17-18H,4,7-8,10-11H2,1-3H3. The maximum absolute atomic E-state index is 5.23. The first-order valence-electron chi connectivity index (χ1n) is 6.89. The predicted molar refractivity (Wildman–Crippen MR) is 85.0 cm³/mol. The van der Waals surface area contributed by atoms with Crippen LogP contribution in [0.2, 0.25) is 0 Å². The Hall–Kier alpha value is -0.580. The summed E-state index contributed by atoms with van der Waals surface area (Å²) in [5, 5.41) is 6.77. The van der Waals surface area contributed by atoms with Gasteiger partial charge in [0.1, 0.15) is 5.75 Å². The zero-order valence-corrected chi connectivity index (χ0v) is 13.7. The molecule has 0 spiro atoms. The maximum Gasteiger partial charge on any atom is 0.133 e. The quantitative estimate of drug-likeness (QED) is 0.684. The van der Waals surface area contributed by atoms with Gasteiger partial charge in [-0.15, -0.1) is 0 Å². The summed E-state index contributed by atoms with van der Waals surface area (Å²) in [6.45, 7) is 5.41. The van der Waals surface area contributed by atoms with Crippen molar-refractivity contribution < 1.29 is 4.74 Å². The lowest BCUT2D eigenvalue weighted by Gasteiger charge is -2.15. The Morgan fingerprint density at radius 1 is 1.32 bits per heavy atom. The van der Waals surface area contributed by atoms with Gasteiger partial charge < -0.3 is 15.4 Å². The van der Waals surface area contributed by atoms with Gasteiger partial charge in [0.05, 0.1) is 11.6 Å². The van der Waals surface area contributed by atoms with E-state index in [1.54, 1.807) is 7.11 Å². The van der Waals surface area contributed by atoms with Gasteiger partial charge in [0.15, 0.2) is 0 Å². The third kappa shape index (κ3) is 5.93. The predicted octanol–water partition coefficient (Wildman–Crippen LogP) is 2.84. The Bertz CT molecular complexity index is 371. The van der Waals surface area contributed by atoms with Crippen molar-refractivity contribution in [2.24, 2.45) is 5.92 Å². The van der Waals surface area contributed by atoms with Crippen molar-refractivity contribution in [1.29, 1.82) is 0 Å². The Morgan fingerprint density at radius 2 is 2.11 bits per heavy atom. The third-order valence-corrected chi connectivity index (χ3v) is 3.93. The molecule has 4 heteroatoms. The van der Waals surface area contributed by atoms with Crippen molar-refractivity contribution in [3.05, 3.63) is 28.2 Å². The molecule has 0 aliphatic carbocycles. The van der Waals surface area contributed by atoms with Crippen LogP contribution in [-0.4, -0.2) is 33.8 Å². The van der Waals surface area contributed by atoms with Crippen molar-refractivity contribution in [2.45, 2.75) is 19.8 Å². The monoisotopic (exact) mass is 328 g/mol. The van der Waals surface area contributed by atoms with E-state index in [9.17, 15) is 0 Å². The number of hydrogen-bond acceptors (Lipinski definition) is 3. The van der Waals surface area contributed by atoms with Crippen LogP contribution in [0.15, 0.2) is 22.7 Å². The van der Waals surface area contributed by atoms with Crippen molar-refractivity contribution in [3.8, 4) is 5.75 Å². The molecule has 0 aromatic heterocycles. The summed E-state index contributed by atoms with van der Waals surface area (Å²) in [6, 6.07) is 6.26. The Kier molecular flexibility index (Phi) is 8.10. The summed E-state index contributed by atoms with van der Waals surface area (Å²) in [7, 11) is 3.70. The minimum Gasteiger partial charge on any atom is -0.496 e. The molecule has 0 saturated carbocycles. The van der Waals surface area contributed by atoms with Gasteiger partial charge in [-0.1, -0.05) is 19.4 Å². The highest BCUT2D eigenvalue weighted by Crippen LogP contribution is 2.25. The van der Waals surface area contributed by atoms with Crippen LogP contribution in [0.5, 0.6) is 5.75 Å². The molecule has 0 aliphatic rings. The second-order valence-electron chi connectivity index (χ2n) is 4.75. The summed E-state index contributed by atoms with van der Waals surface area (Å²) in [5.41, 5.74) is 1.32. The largest absolute Gasteiger partial charge is 0.496 e. The first kappa shape index (κ1) is 16.5. The highest BCUT2D eigenvalue weighted by Gasteiger charge is 2.04. The Morgan fingerprint density at radius 3 is 2.68 bits per heavy atom. The zero-order chi connectivity index (χ0) is 14.1. The van der Waals surface area contributed by atoms with Crippen molar-refractivity contribution in [1.82, 2.24) is 10.6 Å². The molecule has 3 nitrogen and oxygen atoms in total. The first-order chi connectivity index (χ1) is 9.21. The van der Waals surface area contributed by atoms with Crippen LogP contribution in [0.4, 0.5) is 0 Å². The fourth-order valence-electron chi connectivity index (χ4n) is 2.05. The van der Waals surface area contributed by atoms with Crippen LogP contribution < -0.4 is 15.4 Å². The van der Waals surface area contributed by atoms with Crippen LogP contribution in [0.25, 0.3) is 0 Å². The average molecular weight is 329 g/mol. The van der Waals surface area contributed by atoms with E-state index < -0.39 is 0 Å². The number of methoxy groups -OCH3 is 1. The number of halogens is 1. The number of nitrogens with one attached hydrogen (secondary N) is 2. The van der Waals surface area contributed by atoms with E-state index in [1.165, 1.54) is 12.0 Å². The summed E-state index contributed by atoms with van der Waals surface area (Å²) < 4.78 is 6.25. The van der Waals surface area contributed by atoms with Crippen LogP contribution >= 0.6 is 15.9 Å². The molecule has 1 unspecified atom stereocenters. The lowest BCUT2D eigenvalue weighted by Crippen LogP contribution is -2.30. The molecule has 0 heterocycles. The van der Waals surface area contributed by atoms with E-state index in [1.807, 2.05) is 13.1 Å². The van der Waals surface area contributed by atoms with Gasteiger partial charge >= 0.3 is 0 Å². The molecule has 1 aromatic rings. The van der Waals surface area contributed by atoms with E-state index in [-0.39, 0.29) is 0 Å². The molecule has 19 heavy (non-hydrogen) atoms. The van der Waals surface area contributed by atoms with Gasteiger partial charge in [0.2, 0.25) is 0 Å². The molecule has 0 aliphatic heterocycles. The lowest BCUT2D eigenvalue weighted by molar-refractivity contribution is 0.412. The number of rotatable bonds is 9. The van der Waals surface area contributed by atoms with E-state index in [0.29, 0.717) is 5.92 Å². The zero-order valence-electron chi connectivity index (χ0n) is 12.1. The highest BCUT2D eigenvalue weighted by atomic mass is 79.9. The fourth-order valence-corrected chi connectivity index (χ4v) is 2.64. The maximum atomic E-state index is 5.23. The van der Waals surface area contributed by atoms with Gasteiger partial charge in [-0.3, -0.25) is 0 Å². The van der Waals surface area contributed by atoms with Gasteiger partial charge in [-0.2, -0.15) is 0 Å². The van der Waals surface area contributed by atoms with Crippen LogP contribution in [-0.2, 0) is 6.42 Å². The van der Waals surface area contributed by atoms with Crippen LogP contribution in [0.1, 0.15) is 18.9 Å². The van der Waals surface area contributed by atoms with Crippen molar-refractivity contribution >= 4 is 15.9 Å². The molecule has 1 atom stereocenters. The Balaban J connectivity index is 2.31. The third-order valence-electron chi connectivity index (χ3n) is 3.31. The molecule has 2 N–H and O–H groups in total. The van der Waals surface area contributed by atoms with Crippen molar-refractivity contribution in [3.63, 3.8) is 0 Å². The number of hydrogen-bond donors (Lipinski definition) is 2. The Labute approximate surface area is 125 Å². The SMILES string of the molecule is CCC(CNC)CNCCc1ccc(OC)c(Br)c1. The smallest absolute Gasteiger partial charge is 0.133 e. The van der Waals surface area contributed by atoms with Crippen LogP contribution in [0.3, 0.4) is 0 Å². The second-order valence-corrected chi connectivity index (χ2v) is 5.61. The first-order valence-corrected chi connectivity index (χ1v) is 7.68. The number of benzene rings is 1. The van der Waals surface area contributed by atoms with Gasteiger partial charge in [0, 0.05) is 0 Å². The summed E-state index contributed by atoms with van der Waals surface area (Å²) >= 11 is 3.52. The average Bonchev–Trinajstić information content (AvgIpc) is 2.42. The van der Waals surface area contributed by atoms with Crippen molar-refractivity contribution in [2.75, 3.05) is 33.8 Å². The summed E-state index contributed by atoms with van der Waals surface area (Å²) in [4.78, 5) is 0. The molecule has 0 saturated heterocycles. The second kappa shape index (κ2) is 9.34. The van der Waals surface area contributed by atoms with Gasteiger partial charge in [-0.05, 0) is 72.6 Å². The highest BCUT2D eigenvalue weighted by molar-refractivity contribution is 9.10. The number of ether oxygens (including phenoxy) is 1. The topological polar surface area (TPSA) is 33.3 Å². The molecular formula is C15H25BrN2O. The molecule has 0 radical (unpaired) electrons. The minimum absolute atomic E-state index is 0.715. The molecule has 1 rings (SSSR count). The minimum atomic E-state index is 0.715. The lowest BCUT2D eigenvalue weighted by atomic mass is 10.1. The molecule has 0 fully saturated rings. The fraction of sp³-hybridized carbons (Fsp3) is 0.600. The van der Waals surface area contributed by atoms with E-state index in [0.717, 1.165) is 36.3 Å². The van der Waals surface area contributed by atoms with E-state index in [4.69, 9.17) is 4.74 Å². The molecule has 108 valence electrons. The normalized spacial score (nSPS) is 12.4. The summed E-state index contributed by atoms with van der Waals surface area (Å²) in [6.07, 6.45) is 2.25. The molecular weight excluding hydrogens is 304 g/mol. The molecule has 1 aromatic carbocycles. The van der Waals surface area contributed by atoms with E-state index in [2.05, 4.69) is 45.6 Å². The molecule has 0 amide bonds. The van der Waals surface area contributed by atoms with E-state index >= 15 is 0 Å². The van der Waals surface area contributed by atoms with Gasteiger partial charge in [-0.25, -0.2) is 0 Å². The van der Waals surface area contributed by atoms with Crippen LogP contribution in [0, 0.1) is 5.92 Å². The van der Waals surface area contributed by atoms with Gasteiger partial charge in [0.25, 0.3) is 0 Å². The summed E-state index contributed by atoms with van der Waals surface area (Å²) in [5.74, 6) is 1.60.